The maximum absolute atomic E-state index is 13.2. The van der Waals surface area contributed by atoms with Crippen LogP contribution in [0.3, 0.4) is 0 Å². The molecular weight excluding hydrogens is 1810 g/mol. The lowest BCUT2D eigenvalue weighted by atomic mass is 9.95. The fraction of sp³-hybridized carbons (Fsp3) is 0.402. The number of rotatable bonds is 30. The summed E-state index contributed by atoms with van der Waals surface area (Å²) in [5.41, 5.74) is 17.5. The highest BCUT2D eigenvalue weighted by molar-refractivity contribution is 7.59. The summed E-state index contributed by atoms with van der Waals surface area (Å²) < 4.78 is 38.5. The maximum Gasteiger partial charge on any atom is 0.416 e. The molecule has 131 heavy (non-hydrogen) atoms. The molecule has 3 aliphatic rings. The standard InChI is InChI=1S/C36H39Cl2N5O6.C31H30Cl2N4O4.C26H35N3O5.4CH4.3H2S/c1-36(2,3)49-35(46)43-15-5-7-23-11-12-25(41-32(23)43)8-6-16-48-26-13-9-22(10-14-26)17-29(34(45)47-4)42-33(44)31-27(37)18-24(19-28(31)38)30-20-39-21-40-30;32-24-15-21(28-17-34-18-35-28)16-25(33)29(24)30(38)37-27(31(39)40)14-19-7-11-23(12-8-19)41-13-3-5-22-10-9-20-4-1-2-6-26(20)36-22;1-26(2,3)34-25(31)29-15-5-7-19-11-12-20(28-23(19)29)8-6-16-33-21-13-9-18(10-14-21)17-22(27)24(30)32-4;;;;;;;/h9-14,18-21,29H,5-8,15-17H2,1-4H3,(H,39,40)(H,42,44);7-12,15-18,27H,1-6,13-14H2,(H,34,35)(H,37,38)(H,39,40);9-14,22H,5-8,15-17,27H2,1-4H3;4*1H4;3*1H2/t29-;27-;22-;;;;;;;/m000......./s1. The number of anilines is 2. The zero-order chi connectivity index (χ0) is 88.6. The third-order valence-electron chi connectivity index (χ3n) is 20.4. The molecule has 7 heterocycles. The van der Waals surface area contributed by atoms with Crippen LogP contribution in [0.1, 0.15) is 193 Å². The van der Waals surface area contributed by atoms with Gasteiger partial charge >= 0.3 is 30.1 Å². The van der Waals surface area contributed by atoms with E-state index in [0.717, 1.165) is 115 Å². The number of nitrogens with zero attached hydrogens (tertiary/aromatic N) is 7. The van der Waals surface area contributed by atoms with Crippen LogP contribution in [0.25, 0.3) is 22.5 Å². The number of H-pyrrole nitrogens is 2. The summed E-state index contributed by atoms with van der Waals surface area (Å²) in [6.07, 6.45) is 19.0. The summed E-state index contributed by atoms with van der Waals surface area (Å²) in [5.74, 6) is 0.00670. The van der Waals surface area contributed by atoms with Gasteiger partial charge in [-0.25, -0.2) is 39.1 Å². The predicted octanol–water partition coefficient (Wildman–Crippen LogP) is 19.8. The number of fused-ring (bicyclic) bond motifs is 3. The molecule has 5 aromatic heterocycles. The van der Waals surface area contributed by atoms with E-state index in [2.05, 4.69) is 53.5 Å². The second kappa shape index (κ2) is 53.8. The SMILES string of the molecule is C.C.C.C.COC(=O)[C@@H](N)Cc1ccc(OCCCc2ccc3c(n2)N(C(=O)OC(C)(C)C)CCC3)cc1.COC(=O)[C@H](Cc1ccc(OCCCc2ccc3c(n2)N(C(=O)OC(C)(C)C)CCC3)cc1)NC(=O)c1c(Cl)cc(-c2cnc[nH]2)cc1Cl.O=C(N[C@@H](Cc1ccc(OCCCc2ccc3c(n2)CCCC3)cc1)C(=O)O)c1c(Cl)cc(-c2cnc[nH]2)cc1Cl.S.S.S. The molecule has 10 aromatic rings. The number of imidazole rings is 2. The van der Waals surface area contributed by atoms with Crippen molar-refractivity contribution in [3.05, 3.63) is 246 Å². The molecule has 0 saturated heterocycles. The van der Waals surface area contributed by atoms with E-state index in [4.69, 9.17) is 95.5 Å². The van der Waals surface area contributed by atoms with Crippen LogP contribution in [-0.2, 0) is 97.5 Å². The van der Waals surface area contributed by atoms with E-state index >= 15 is 0 Å². The number of pyridine rings is 3. The molecule has 0 fully saturated rings. The molecule has 5 aromatic carbocycles. The number of aryl methyl sites for hydroxylation is 7. The van der Waals surface area contributed by atoms with Crippen LogP contribution in [0.2, 0.25) is 20.1 Å². The summed E-state index contributed by atoms with van der Waals surface area (Å²) in [5, 5.41) is 15.5. The summed E-state index contributed by atoms with van der Waals surface area (Å²) >= 11 is 25.6. The molecule has 2 aliphatic heterocycles. The number of benzene rings is 5. The number of ether oxygens (including phenoxy) is 7. The molecule has 710 valence electrons. The van der Waals surface area contributed by atoms with E-state index in [1.54, 1.807) is 70.7 Å². The quantitative estimate of drug-likeness (QED) is 0.0138. The first-order valence-electron chi connectivity index (χ1n) is 41.3. The third-order valence-corrected chi connectivity index (χ3v) is 21.5. The first-order valence-corrected chi connectivity index (χ1v) is 42.8. The number of carbonyl (C=O) groups is 7. The Bertz CT molecular complexity index is 5300. The first kappa shape index (κ1) is 113. The number of carboxylic acids is 1. The molecule has 3 atom stereocenters. The summed E-state index contributed by atoms with van der Waals surface area (Å²) in [7, 11) is 2.59. The molecular formula is C97H126Cl4N12O15S3. The lowest BCUT2D eigenvalue weighted by Crippen LogP contribution is -2.43. The van der Waals surface area contributed by atoms with Crippen molar-refractivity contribution in [2.45, 2.75) is 210 Å². The maximum atomic E-state index is 13.2. The normalized spacial score (nSPS) is 12.8. The van der Waals surface area contributed by atoms with Crippen molar-refractivity contribution in [2.24, 2.45) is 5.73 Å². The zero-order valence-corrected chi connectivity index (χ0v) is 78.2. The molecule has 34 heteroatoms. The van der Waals surface area contributed by atoms with Crippen molar-refractivity contribution in [2.75, 3.05) is 56.9 Å². The molecule has 0 bridgehead atoms. The number of aromatic amines is 2. The number of aromatic nitrogens is 7. The molecule has 27 nitrogen and oxygen atoms in total. The van der Waals surface area contributed by atoms with Crippen molar-refractivity contribution in [3.8, 4) is 39.8 Å². The van der Waals surface area contributed by atoms with E-state index in [1.165, 1.54) is 51.0 Å². The number of esters is 2. The molecule has 4 amide bonds. The van der Waals surface area contributed by atoms with Gasteiger partial charge in [0.05, 0.1) is 102 Å². The second-order valence-corrected chi connectivity index (χ2v) is 33.8. The Balaban J connectivity index is 0.000000407. The van der Waals surface area contributed by atoms with Gasteiger partial charge in [0, 0.05) is 59.8 Å². The minimum atomic E-state index is -1.18. The van der Waals surface area contributed by atoms with Gasteiger partial charge in [0.15, 0.2) is 0 Å². The van der Waals surface area contributed by atoms with Gasteiger partial charge in [0.2, 0.25) is 0 Å². The van der Waals surface area contributed by atoms with Gasteiger partial charge in [-0.3, -0.25) is 29.2 Å². The Hall–Kier alpha value is -10.6. The van der Waals surface area contributed by atoms with Crippen molar-refractivity contribution in [1.29, 1.82) is 0 Å². The van der Waals surface area contributed by atoms with Gasteiger partial charge in [-0.1, -0.05) is 131 Å². The van der Waals surface area contributed by atoms with Crippen LogP contribution < -0.4 is 40.4 Å². The molecule has 0 radical (unpaired) electrons. The third kappa shape index (κ3) is 33.3. The number of hydrogen-bond donors (Lipinski definition) is 6. The highest BCUT2D eigenvalue weighted by Crippen LogP contribution is 2.35. The number of nitrogens with one attached hydrogen (secondary N) is 4. The Morgan fingerprint density at radius 3 is 1.18 bits per heavy atom. The van der Waals surface area contributed by atoms with Gasteiger partial charge in [-0.2, -0.15) is 40.5 Å². The summed E-state index contributed by atoms with van der Waals surface area (Å²) in [4.78, 5) is 119. The van der Waals surface area contributed by atoms with Crippen molar-refractivity contribution >= 4 is 140 Å². The number of carboxylic acid groups (broad SMARTS) is 1. The van der Waals surface area contributed by atoms with Crippen molar-refractivity contribution in [1.82, 2.24) is 45.5 Å². The zero-order valence-electron chi connectivity index (χ0n) is 72.2. The van der Waals surface area contributed by atoms with Crippen LogP contribution in [-0.4, -0.2) is 158 Å². The van der Waals surface area contributed by atoms with Gasteiger partial charge in [-0.15, -0.1) is 0 Å². The second-order valence-electron chi connectivity index (χ2n) is 32.2. The fourth-order valence-corrected chi connectivity index (χ4v) is 15.5. The van der Waals surface area contributed by atoms with E-state index in [-0.39, 0.29) is 126 Å². The summed E-state index contributed by atoms with van der Waals surface area (Å²) in [6, 6.07) is 38.0. The smallest absolute Gasteiger partial charge is 0.416 e. The van der Waals surface area contributed by atoms with Gasteiger partial charge in [0.1, 0.15) is 58.2 Å². The van der Waals surface area contributed by atoms with E-state index in [1.807, 2.05) is 108 Å². The van der Waals surface area contributed by atoms with Crippen LogP contribution in [0, 0.1) is 0 Å². The van der Waals surface area contributed by atoms with E-state index in [9.17, 15) is 38.7 Å². The molecule has 1 aliphatic carbocycles. The number of aliphatic carboxylic acids is 1. The first-order chi connectivity index (χ1) is 59.4. The lowest BCUT2D eigenvalue weighted by molar-refractivity contribution is -0.143. The minimum absolute atomic E-state index is 0. The number of nitrogens with two attached hydrogens (primary N) is 1. The minimum Gasteiger partial charge on any atom is -0.494 e. The van der Waals surface area contributed by atoms with Crippen LogP contribution in [0.5, 0.6) is 17.2 Å². The Morgan fingerprint density at radius 2 is 0.817 bits per heavy atom. The largest absolute Gasteiger partial charge is 0.494 e. The van der Waals surface area contributed by atoms with Crippen LogP contribution >= 0.6 is 86.9 Å². The molecule has 13 rings (SSSR count). The Labute approximate surface area is 810 Å². The average molecular weight is 1940 g/mol. The average Bonchev–Trinajstić information content (AvgIpc) is 1.76. The van der Waals surface area contributed by atoms with Gasteiger partial charge < -0.3 is 64.6 Å². The summed E-state index contributed by atoms with van der Waals surface area (Å²) in [6.45, 7) is 13.9. The van der Waals surface area contributed by atoms with Crippen LogP contribution in [0.4, 0.5) is 21.2 Å². The van der Waals surface area contributed by atoms with Gasteiger partial charge in [0.25, 0.3) is 11.8 Å². The Kier molecular flexibility index (Phi) is 46.3. The molecule has 0 spiro atoms. The molecule has 0 saturated carbocycles. The number of hydrogen-bond acceptors (Lipinski definition) is 20. The topological polar surface area (TPSA) is 357 Å². The number of amides is 4. The molecule has 0 unspecified atom stereocenters. The number of carbonyl (C=O) groups excluding carboxylic acids is 6. The van der Waals surface area contributed by atoms with E-state index < -0.39 is 59.0 Å². The van der Waals surface area contributed by atoms with Gasteiger partial charge in [-0.05, 0) is 250 Å². The lowest BCUT2D eigenvalue weighted by Gasteiger charge is -2.31. The highest BCUT2D eigenvalue weighted by Gasteiger charge is 2.33. The van der Waals surface area contributed by atoms with Crippen LogP contribution in [0.15, 0.2) is 159 Å². The van der Waals surface area contributed by atoms with Crippen molar-refractivity contribution in [3.63, 3.8) is 0 Å². The van der Waals surface area contributed by atoms with E-state index in [0.29, 0.717) is 97.8 Å². The number of methoxy groups -OCH3 is 2. The fourth-order valence-electron chi connectivity index (χ4n) is 14.2. The highest BCUT2D eigenvalue weighted by atomic mass is 35.5. The number of halogens is 4. The monoisotopic (exact) mass is 1930 g/mol. The van der Waals surface area contributed by atoms with Crippen molar-refractivity contribution < 1.29 is 71.8 Å². The molecule has 7 N–H and O–H groups in total. The predicted molar refractivity (Wildman–Crippen MR) is 533 cm³/mol. The Morgan fingerprint density at radius 1 is 0.466 bits per heavy atom.